The summed E-state index contributed by atoms with van der Waals surface area (Å²) in [7, 11) is 4.18. The minimum Gasteiger partial charge on any atom is -0.325 e. The lowest BCUT2D eigenvalue weighted by Crippen LogP contribution is -2.29. The Morgan fingerprint density at radius 1 is 1.28 bits per heavy atom. The van der Waals surface area contributed by atoms with E-state index in [1.807, 2.05) is 25.1 Å². The highest BCUT2D eigenvalue weighted by atomic mass is 35.5. The SMILES string of the molecule is CC(Cl)c1nc2ccccc2n1CC(C)N(C)C. The van der Waals surface area contributed by atoms with E-state index in [2.05, 4.69) is 41.5 Å². The molecule has 2 unspecified atom stereocenters. The van der Waals surface area contributed by atoms with E-state index in [4.69, 9.17) is 11.6 Å². The van der Waals surface area contributed by atoms with Crippen LogP contribution in [-0.2, 0) is 6.54 Å². The third-order valence-corrected chi connectivity index (χ3v) is 3.56. The summed E-state index contributed by atoms with van der Waals surface area (Å²) in [5, 5.41) is -0.0771. The van der Waals surface area contributed by atoms with Crippen LogP contribution in [0.3, 0.4) is 0 Å². The number of benzene rings is 1. The fourth-order valence-electron chi connectivity index (χ4n) is 2.02. The van der Waals surface area contributed by atoms with E-state index in [1.54, 1.807) is 0 Å². The van der Waals surface area contributed by atoms with E-state index < -0.39 is 0 Å². The van der Waals surface area contributed by atoms with Crippen molar-refractivity contribution in [3.8, 4) is 0 Å². The molecular weight excluding hydrogens is 246 g/mol. The van der Waals surface area contributed by atoms with Gasteiger partial charge < -0.3 is 9.47 Å². The van der Waals surface area contributed by atoms with Crippen LogP contribution in [0.25, 0.3) is 11.0 Å². The Morgan fingerprint density at radius 2 is 1.94 bits per heavy atom. The molecule has 0 spiro atoms. The fourth-order valence-corrected chi connectivity index (χ4v) is 2.18. The van der Waals surface area contributed by atoms with Crippen molar-refractivity contribution in [2.24, 2.45) is 0 Å². The lowest BCUT2D eigenvalue weighted by atomic mass is 10.2. The van der Waals surface area contributed by atoms with Gasteiger partial charge in [0.25, 0.3) is 0 Å². The normalized spacial score (nSPS) is 15.2. The van der Waals surface area contributed by atoms with Crippen molar-refractivity contribution >= 4 is 22.6 Å². The number of hydrogen-bond donors (Lipinski definition) is 0. The van der Waals surface area contributed by atoms with Gasteiger partial charge in [-0.15, -0.1) is 11.6 Å². The second-order valence-electron chi connectivity index (χ2n) is 5.00. The van der Waals surface area contributed by atoms with Gasteiger partial charge in [0.15, 0.2) is 0 Å². The average Bonchev–Trinajstić information content (AvgIpc) is 2.68. The first-order valence-electron chi connectivity index (χ1n) is 6.26. The van der Waals surface area contributed by atoms with Gasteiger partial charge in [-0.2, -0.15) is 0 Å². The molecule has 1 aromatic carbocycles. The molecule has 0 N–H and O–H groups in total. The van der Waals surface area contributed by atoms with Crippen molar-refractivity contribution in [1.29, 1.82) is 0 Å². The molecule has 3 nitrogen and oxygen atoms in total. The third-order valence-electron chi connectivity index (χ3n) is 3.37. The van der Waals surface area contributed by atoms with E-state index in [0.29, 0.717) is 6.04 Å². The number of nitrogens with zero attached hydrogens (tertiary/aromatic N) is 3. The Balaban J connectivity index is 2.48. The zero-order chi connectivity index (χ0) is 13.3. The van der Waals surface area contributed by atoms with E-state index in [9.17, 15) is 0 Å². The van der Waals surface area contributed by atoms with Crippen molar-refractivity contribution in [3.05, 3.63) is 30.1 Å². The van der Waals surface area contributed by atoms with Crippen LogP contribution in [0.1, 0.15) is 25.0 Å². The van der Waals surface area contributed by atoms with Gasteiger partial charge in [0.1, 0.15) is 5.82 Å². The van der Waals surface area contributed by atoms with E-state index in [-0.39, 0.29) is 5.38 Å². The van der Waals surface area contributed by atoms with Crippen LogP contribution >= 0.6 is 11.6 Å². The van der Waals surface area contributed by atoms with Gasteiger partial charge in [-0.1, -0.05) is 12.1 Å². The fraction of sp³-hybridized carbons (Fsp3) is 0.500. The van der Waals surface area contributed by atoms with Crippen LogP contribution < -0.4 is 0 Å². The van der Waals surface area contributed by atoms with E-state index in [1.165, 1.54) is 0 Å². The summed E-state index contributed by atoms with van der Waals surface area (Å²) in [6.07, 6.45) is 0. The molecule has 2 aromatic rings. The monoisotopic (exact) mass is 265 g/mol. The zero-order valence-corrected chi connectivity index (χ0v) is 12.1. The summed E-state index contributed by atoms with van der Waals surface area (Å²) in [5.74, 6) is 0.951. The number of alkyl halides is 1. The molecule has 0 saturated carbocycles. The molecule has 0 aliphatic rings. The number of aromatic nitrogens is 2. The molecule has 0 fully saturated rings. The predicted octanol–water partition coefficient (Wildman–Crippen LogP) is 3.29. The lowest BCUT2D eigenvalue weighted by Gasteiger charge is -2.22. The number of fused-ring (bicyclic) bond motifs is 1. The topological polar surface area (TPSA) is 21.1 Å². The molecule has 0 radical (unpaired) electrons. The van der Waals surface area contributed by atoms with Crippen LogP contribution in [0.4, 0.5) is 0 Å². The van der Waals surface area contributed by atoms with Crippen LogP contribution in [0.2, 0.25) is 0 Å². The summed E-state index contributed by atoms with van der Waals surface area (Å²) in [6.45, 7) is 5.08. The highest BCUT2D eigenvalue weighted by Gasteiger charge is 2.16. The number of rotatable bonds is 4. The predicted molar refractivity (Wildman–Crippen MR) is 77.2 cm³/mol. The Hall–Kier alpha value is -1.06. The molecule has 98 valence electrons. The third kappa shape index (κ3) is 2.52. The van der Waals surface area contributed by atoms with Crippen molar-refractivity contribution < 1.29 is 0 Å². The highest BCUT2D eigenvalue weighted by molar-refractivity contribution is 6.20. The van der Waals surface area contributed by atoms with Gasteiger partial charge in [0.05, 0.1) is 16.4 Å². The standard InChI is InChI=1S/C14H20ClN3/c1-10(17(3)4)9-18-13-8-6-5-7-12(13)16-14(18)11(2)15/h5-8,10-11H,9H2,1-4H3. The van der Waals surface area contributed by atoms with Crippen LogP contribution in [-0.4, -0.2) is 34.6 Å². The second-order valence-corrected chi connectivity index (χ2v) is 5.65. The quantitative estimate of drug-likeness (QED) is 0.791. The number of hydrogen-bond acceptors (Lipinski definition) is 2. The number of para-hydroxylation sites is 2. The maximum absolute atomic E-state index is 6.25. The molecule has 2 rings (SSSR count). The van der Waals surface area contributed by atoms with Gasteiger partial charge in [-0.25, -0.2) is 4.98 Å². The van der Waals surface area contributed by atoms with Crippen molar-refractivity contribution in [2.45, 2.75) is 31.8 Å². The van der Waals surface area contributed by atoms with Crippen molar-refractivity contribution in [2.75, 3.05) is 14.1 Å². The molecule has 18 heavy (non-hydrogen) atoms. The summed E-state index contributed by atoms with van der Waals surface area (Å²) in [5.41, 5.74) is 2.18. The maximum Gasteiger partial charge on any atom is 0.127 e. The lowest BCUT2D eigenvalue weighted by molar-refractivity contribution is 0.284. The Kier molecular flexibility index (Phi) is 3.93. The summed E-state index contributed by atoms with van der Waals surface area (Å²) in [4.78, 5) is 6.84. The largest absolute Gasteiger partial charge is 0.325 e. The Labute approximate surface area is 113 Å². The number of halogens is 1. The molecule has 1 heterocycles. The van der Waals surface area contributed by atoms with Gasteiger partial charge in [0.2, 0.25) is 0 Å². The molecule has 0 aliphatic carbocycles. The van der Waals surface area contributed by atoms with Crippen LogP contribution in [0, 0.1) is 0 Å². The van der Waals surface area contributed by atoms with Crippen molar-refractivity contribution in [3.63, 3.8) is 0 Å². The Bertz CT molecular complexity index is 531. The average molecular weight is 266 g/mol. The number of imidazole rings is 1. The molecule has 1 aromatic heterocycles. The second kappa shape index (κ2) is 5.29. The molecule has 4 heteroatoms. The number of likely N-dealkylation sites (N-methyl/N-ethyl adjacent to an activating group) is 1. The smallest absolute Gasteiger partial charge is 0.127 e. The summed E-state index contributed by atoms with van der Waals surface area (Å²) < 4.78 is 2.23. The van der Waals surface area contributed by atoms with Gasteiger partial charge >= 0.3 is 0 Å². The summed E-state index contributed by atoms with van der Waals surface area (Å²) >= 11 is 6.25. The highest BCUT2D eigenvalue weighted by Crippen LogP contribution is 2.25. The molecule has 2 atom stereocenters. The molecule has 0 amide bonds. The minimum absolute atomic E-state index is 0.0771. The van der Waals surface area contributed by atoms with Gasteiger partial charge in [-0.05, 0) is 40.1 Å². The van der Waals surface area contributed by atoms with Gasteiger partial charge in [-0.3, -0.25) is 0 Å². The first kappa shape index (κ1) is 13.4. The zero-order valence-electron chi connectivity index (χ0n) is 11.4. The first-order valence-corrected chi connectivity index (χ1v) is 6.70. The van der Waals surface area contributed by atoms with Crippen LogP contribution in [0.5, 0.6) is 0 Å². The summed E-state index contributed by atoms with van der Waals surface area (Å²) in [6, 6.07) is 8.64. The van der Waals surface area contributed by atoms with E-state index >= 15 is 0 Å². The molecule has 0 aliphatic heterocycles. The molecule has 0 bridgehead atoms. The van der Waals surface area contributed by atoms with Gasteiger partial charge in [0, 0.05) is 12.6 Å². The maximum atomic E-state index is 6.25. The Morgan fingerprint density at radius 3 is 2.56 bits per heavy atom. The molecule has 0 saturated heterocycles. The molecular formula is C14H20ClN3. The minimum atomic E-state index is -0.0771. The van der Waals surface area contributed by atoms with E-state index in [0.717, 1.165) is 23.4 Å². The van der Waals surface area contributed by atoms with Crippen LogP contribution in [0.15, 0.2) is 24.3 Å². The van der Waals surface area contributed by atoms with Crippen molar-refractivity contribution in [1.82, 2.24) is 14.5 Å². The first-order chi connectivity index (χ1) is 8.50.